The predicted molar refractivity (Wildman–Crippen MR) is 85.3 cm³/mol. The summed E-state index contributed by atoms with van der Waals surface area (Å²) >= 11 is 5.76. The van der Waals surface area contributed by atoms with E-state index in [2.05, 4.69) is 10.6 Å². The van der Waals surface area contributed by atoms with Crippen LogP contribution in [0.2, 0.25) is 5.02 Å². The minimum absolute atomic E-state index is 0.0215. The van der Waals surface area contributed by atoms with Crippen LogP contribution >= 0.6 is 11.6 Å². The second-order valence-electron chi connectivity index (χ2n) is 5.14. The molecule has 0 bridgehead atoms. The number of hydrogen-bond acceptors (Lipinski definition) is 5. The van der Waals surface area contributed by atoms with E-state index in [1.165, 1.54) is 6.07 Å². The number of urea groups is 1. The lowest BCUT2D eigenvalue weighted by atomic mass is 10.3. The van der Waals surface area contributed by atoms with Crippen LogP contribution in [-0.4, -0.2) is 48.4 Å². The van der Waals surface area contributed by atoms with Crippen LogP contribution in [0.25, 0.3) is 0 Å². The summed E-state index contributed by atoms with van der Waals surface area (Å²) in [7, 11) is 0. The van der Waals surface area contributed by atoms with Crippen molar-refractivity contribution in [2.75, 3.05) is 25.0 Å². The number of halogens is 2. The molecule has 0 unspecified atom stereocenters. The Kier molecular flexibility index (Phi) is 6.29. The van der Waals surface area contributed by atoms with Crippen LogP contribution in [0.5, 0.6) is 0 Å². The molecule has 0 atom stereocenters. The second kappa shape index (κ2) is 8.43. The Morgan fingerprint density at radius 3 is 2.76 bits per heavy atom. The number of carbonyl (C=O) groups is 4. The maximum absolute atomic E-state index is 12.9. The first-order chi connectivity index (χ1) is 11.9. The molecule has 0 radical (unpaired) electrons. The van der Waals surface area contributed by atoms with Gasteiger partial charge in [-0.2, -0.15) is 0 Å². The summed E-state index contributed by atoms with van der Waals surface area (Å²) in [5.41, 5.74) is 0.197. The summed E-state index contributed by atoms with van der Waals surface area (Å²) in [5, 5.41) is 4.77. The van der Waals surface area contributed by atoms with Gasteiger partial charge in [0.2, 0.25) is 5.91 Å². The summed E-state index contributed by atoms with van der Waals surface area (Å²) in [5.74, 6) is -2.17. The Bertz CT molecular complexity index is 696. The highest BCUT2D eigenvalue weighted by molar-refractivity contribution is 6.33. The van der Waals surface area contributed by atoms with E-state index < -0.39 is 30.3 Å². The van der Waals surface area contributed by atoms with Crippen molar-refractivity contribution >= 4 is 41.1 Å². The van der Waals surface area contributed by atoms with Crippen molar-refractivity contribution in [3.05, 3.63) is 29.0 Å². The van der Waals surface area contributed by atoms with Crippen LogP contribution in [0.4, 0.5) is 14.9 Å². The fourth-order valence-corrected chi connectivity index (χ4v) is 2.27. The molecule has 1 aromatic carbocycles. The number of hydrogen-bond donors (Lipinski definition) is 2. The lowest BCUT2D eigenvalue weighted by Gasteiger charge is -2.11. The summed E-state index contributed by atoms with van der Waals surface area (Å²) in [6.45, 7) is -0.484. The van der Waals surface area contributed by atoms with E-state index in [0.29, 0.717) is 0 Å². The average molecular weight is 372 g/mol. The molecule has 134 valence electrons. The first kappa shape index (κ1) is 18.7. The van der Waals surface area contributed by atoms with Crippen molar-refractivity contribution in [1.82, 2.24) is 10.2 Å². The van der Waals surface area contributed by atoms with E-state index in [1.807, 2.05) is 0 Å². The van der Waals surface area contributed by atoms with E-state index in [0.717, 1.165) is 17.0 Å². The fourth-order valence-electron chi connectivity index (χ4n) is 2.06. The molecule has 0 saturated carbocycles. The lowest BCUT2D eigenvalue weighted by molar-refractivity contribution is -0.147. The third kappa shape index (κ3) is 5.42. The highest BCUT2D eigenvalue weighted by Gasteiger charge is 2.27. The minimum atomic E-state index is -0.646. The number of nitrogens with zero attached hydrogens (tertiary/aromatic N) is 1. The average Bonchev–Trinajstić information content (AvgIpc) is 2.87. The molecular weight excluding hydrogens is 357 g/mol. The largest absolute Gasteiger partial charge is 0.456 e. The standard InChI is InChI=1S/C15H15ClFN3O5/c16-10-6-9(17)3-4-11(10)19-12(21)8-25-14(23)2-1-5-20-13(22)7-18-15(20)24/h3-4,6H,1-2,5,7-8H2,(H,18,24)(H,19,21). The minimum Gasteiger partial charge on any atom is -0.456 e. The van der Waals surface area contributed by atoms with Crippen LogP contribution in [0.15, 0.2) is 18.2 Å². The zero-order chi connectivity index (χ0) is 18.4. The second-order valence-corrected chi connectivity index (χ2v) is 5.55. The van der Waals surface area contributed by atoms with Crippen molar-refractivity contribution in [3.63, 3.8) is 0 Å². The quantitative estimate of drug-likeness (QED) is 0.555. The van der Waals surface area contributed by atoms with Crippen molar-refractivity contribution < 1.29 is 28.3 Å². The number of nitrogens with one attached hydrogen (secondary N) is 2. The molecular formula is C15H15ClFN3O5. The maximum atomic E-state index is 12.9. The van der Waals surface area contributed by atoms with Crippen molar-refractivity contribution in [3.8, 4) is 0 Å². The number of rotatable bonds is 7. The SMILES string of the molecule is O=C(COC(=O)CCCN1C(=O)CNC1=O)Nc1ccc(F)cc1Cl. The number of amides is 4. The summed E-state index contributed by atoms with van der Waals surface area (Å²) in [4.78, 5) is 46.9. The molecule has 25 heavy (non-hydrogen) atoms. The first-order valence-corrected chi connectivity index (χ1v) is 7.73. The van der Waals surface area contributed by atoms with Crippen LogP contribution in [-0.2, 0) is 19.1 Å². The van der Waals surface area contributed by atoms with Gasteiger partial charge in [-0.15, -0.1) is 0 Å². The third-order valence-electron chi connectivity index (χ3n) is 3.27. The lowest BCUT2D eigenvalue weighted by Crippen LogP contribution is -2.32. The Labute approximate surface area is 147 Å². The Hall–Kier alpha value is -2.68. The van der Waals surface area contributed by atoms with E-state index in [1.54, 1.807) is 0 Å². The van der Waals surface area contributed by atoms with E-state index in [9.17, 15) is 23.6 Å². The smallest absolute Gasteiger partial charge is 0.324 e. The van der Waals surface area contributed by atoms with Gasteiger partial charge in [-0.05, 0) is 24.6 Å². The molecule has 1 fully saturated rings. The third-order valence-corrected chi connectivity index (χ3v) is 3.58. The molecule has 4 amide bonds. The van der Waals surface area contributed by atoms with Gasteiger partial charge < -0.3 is 15.4 Å². The van der Waals surface area contributed by atoms with Crippen molar-refractivity contribution in [1.29, 1.82) is 0 Å². The van der Waals surface area contributed by atoms with E-state index in [-0.39, 0.29) is 42.5 Å². The summed E-state index contributed by atoms with van der Waals surface area (Å²) < 4.78 is 17.7. The summed E-state index contributed by atoms with van der Waals surface area (Å²) in [6.07, 6.45) is 0.172. The molecule has 0 spiro atoms. The number of esters is 1. The topological polar surface area (TPSA) is 105 Å². The van der Waals surface area contributed by atoms with Crippen LogP contribution in [0.1, 0.15) is 12.8 Å². The van der Waals surface area contributed by atoms with Gasteiger partial charge in [-0.1, -0.05) is 11.6 Å². The number of imide groups is 1. The predicted octanol–water partition coefficient (Wildman–Crippen LogP) is 1.29. The molecule has 0 aliphatic carbocycles. The number of carbonyl (C=O) groups excluding carboxylic acids is 4. The molecule has 2 N–H and O–H groups in total. The van der Waals surface area contributed by atoms with Crippen LogP contribution < -0.4 is 10.6 Å². The van der Waals surface area contributed by atoms with E-state index in [4.69, 9.17) is 16.3 Å². The van der Waals surface area contributed by atoms with Crippen LogP contribution in [0, 0.1) is 5.82 Å². The molecule has 1 aromatic rings. The Balaban J connectivity index is 1.68. The van der Waals surface area contributed by atoms with Crippen molar-refractivity contribution in [2.24, 2.45) is 0 Å². The monoisotopic (exact) mass is 371 g/mol. The molecule has 2 rings (SSSR count). The molecule has 1 saturated heterocycles. The number of anilines is 1. The van der Waals surface area contributed by atoms with Crippen molar-refractivity contribution in [2.45, 2.75) is 12.8 Å². The Morgan fingerprint density at radius 1 is 1.36 bits per heavy atom. The molecule has 1 aliphatic rings. The van der Waals surface area contributed by atoms with Gasteiger partial charge >= 0.3 is 12.0 Å². The fraction of sp³-hybridized carbons (Fsp3) is 0.333. The zero-order valence-electron chi connectivity index (χ0n) is 13.0. The first-order valence-electron chi connectivity index (χ1n) is 7.35. The van der Waals surface area contributed by atoms with Gasteiger partial charge in [0.05, 0.1) is 17.3 Å². The molecule has 8 nitrogen and oxygen atoms in total. The molecule has 1 aliphatic heterocycles. The van der Waals surface area contributed by atoms with Gasteiger partial charge in [0.1, 0.15) is 5.82 Å². The highest BCUT2D eigenvalue weighted by Crippen LogP contribution is 2.22. The Morgan fingerprint density at radius 2 is 2.12 bits per heavy atom. The number of benzene rings is 1. The zero-order valence-corrected chi connectivity index (χ0v) is 13.8. The van der Waals surface area contributed by atoms with Gasteiger partial charge in [-0.3, -0.25) is 19.3 Å². The van der Waals surface area contributed by atoms with Gasteiger partial charge in [-0.25, -0.2) is 9.18 Å². The summed E-state index contributed by atoms with van der Waals surface area (Å²) in [6, 6.07) is 2.96. The highest BCUT2D eigenvalue weighted by atomic mass is 35.5. The van der Waals surface area contributed by atoms with Gasteiger partial charge in [0.25, 0.3) is 5.91 Å². The normalized spacial score (nSPS) is 13.6. The van der Waals surface area contributed by atoms with Gasteiger partial charge in [0, 0.05) is 13.0 Å². The van der Waals surface area contributed by atoms with E-state index >= 15 is 0 Å². The van der Waals surface area contributed by atoms with Crippen LogP contribution in [0.3, 0.4) is 0 Å². The molecule has 10 heteroatoms. The molecule has 1 heterocycles. The van der Waals surface area contributed by atoms with Gasteiger partial charge in [0.15, 0.2) is 6.61 Å². The maximum Gasteiger partial charge on any atom is 0.324 e. The number of ether oxygens (including phenoxy) is 1. The molecule has 0 aromatic heterocycles.